The minimum atomic E-state index is -0.606. The van der Waals surface area contributed by atoms with Crippen molar-refractivity contribution in [3.8, 4) is 17.2 Å². The Hall–Kier alpha value is -3.44. The van der Waals surface area contributed by atoms with Crippen molar-refractivity contribution in [1.29, 1.82) is 0 Å². The predicted molar refractivity (Wildman–Crippen MR) is 152 cm³/mol. The number of hydrogen-bond donors (Lipinski definition) is 0. The Morgan fingerprint density at radius 3 is 2.54 bits per heavy atom. The van der Waals surface area contributed by atoms with Crippen molar-refractivity contribution in [2.75, 3.05) is 13.2 Å². The van der Waals surface area contributed by atoms with Crippen molar-refractivity contribution in [2.45, 2.75) is 44.7 Å². The van der Waals surface area contributed by atoms with Crippen LogP contribution < -0.4 is 9.47 Å². The molecule has 0 aliphatic rings. The van der Waals surface area contributed by atoms with E-state index in [1.165, 1.54) is 17.8 Å². The van der Waals surface area contributed by atoms with E-state index in [2.05, 4.69) is 26.1 Å². The van der Waals surface area contributed by atoms with E-state index < -0.39 is 5.25 Å². The van der Waals surface area contributed by atoms with Gasteiger partial charge >= 0.3 is 0 Å². The molecule has 39 heavy (non-hydrogen) atoms. The maximum Gasteiger partial charge on any atom is 0.220 e. The summed E-state index contributed by atoms with van der Waals surface area (Å²) < 4.78 is 28.4. The molecule has 3 aromatic carbocycles. The first-order chi connectivity index (χ1) is 18.7. The topological polar surface area (TPSA) is 92.3 Å². The summed E-state index contributed by atoms with van der Waals surface area (Å²) in [6.45, 7) is 7.74. The quantitative estimate of drug-likeness (QED) is 0.100. The molecule has 1 atom stereocenters. The van der Waals surface area contributed by atoms with Gasteiger partial charge in [-0.3, -0.25) is 14.7 Å². The SMILES string of the molecule is CCOc1cc([C@H](C[N+](=O)[O-])Sc2nnc(C)n2-c2ccc(C)c(C)c2)cc(Br)c1OCc1ccccc1F. The lowest BCUT2D eigenvalue weighted by Crippen LogP contribution is -2.12. The average molecular weight is 616 g/mol. The fraction of sp³-hybridized carbons (Fsp3) is 0.286. The number of ether oxygens (including phenoxy) is 2. The highest BCUT2D eigenvalue weighted by Crippen LogP contribution is 2.43. The summed E-state index contributed by atoms with van der Waals surface area (Å²) in [6.07, 6.45) is 0. The zero-order valence-electron chi connectivity index (χ0n) is 22.0. The van der Waals surface area contributed by atoms with Crippen LogP contribution in [0.15, 0.2) is 64.2 Å². The first-order valence-corrected chi connectivity index (χ1v) is 14.0. The van der Waals surface area contributed by atoms with Crippen LogP contribution in [0.1, 0.15) is 40.3 Å². The molecule has 0 radical (unpaired) electrons. The van der Waals surface area contributed by atoms with Crippen LogP contribution in [-0.4, -0.2) is 32.8 Å². The molecule has 1 aromatic heterocycles. The summed E-state index contributed by atoms with van der Waals surface area (Å²) in [7, 11) is 0. The van der Waals surface area contributed by atoms with E-state index in [-0.39, 0.29) is 23.9 Å². The first kappa shape index (κ1) is 28.6. The lowest BCUT2D eigenvalue weighted by Gasteiger charge is -2.19. The van der Waals surface area contributed by atoms with Gasteiger partial charge in [0.15, 0.2) is 16.7 Å². The van der Waals surface area contributed by atoms with E-state index in [4.69, 9.17) is 9.47 Å². The molecular weight excluding hydrogens is 587 g/mol. The minimum Gasteiger partial charge on any atom is -0.490 e. The Morgan fingerprint density at radius 2 is 1.85 bits per heavy atom. The molecule has 0 saturated heterocycles. The van der Waals surface area contributed by atoms with Crippen molar-refractivity contribution in [3.05, 3.63) is 103 Å². The van der Waals surface area contributed by atoms with E-state index in [9.17, 15) is 14.5 Å². The van der Waals surface area contributed by atoms with Gasteiger partial charge in [0, 0.05) is 16.2 Å². The van der Waals surface area contributed by atoms with Crippen molar-refractivity contribution >= 4 is 27.7 Å². The molecule has 0 fully saturated rings. The van der Waals surface area contributed by atoms with Gasteiger partial charge in [-0.05, 0) is 90.6 Å². The van der Waals surface area contributed by atoms with Crippen LogP contribution in [0, 0.1) is 36.7 Å². The van der Waals surface area contributed by atoms with Crippen molar-refractivity contribution in [3.63, 3.8) is 0 Å². The normalized spacial score (nSPS) is 11.8. The largest absolute Gasteiger partial charge is 0.490 e. The second kappa shape index (κ2) is 12.6. The van der Waals surface area contributed by atoms with Gasteiger partial charge in [-0.2, -0.15) is 0 Å². The third kappa shape index (κ3) is 6.77. The zero-order chi connectivity index (χ0) is 28.1. The van der Waals surface area contributed by atoms with Gasteiger partial charge in [-0.25, -0.2) is 4.39 Å². The summed E-state index contributed by atoms with van der Waals surface area (Å²) in [6, 6.07) is 15.9. The van der Waals surface area contributed by atoms with Crippen LogP contribution in [0.4, 0.5) is 4.39 Å². The molecule has 4 aromatic rings. The number of nitro groups is 1. The van der Waals surface area contributed by atoms with Crippen LogP contribution >= 0.6 is 27.7 Å². The number of benzene rings is 3. The molecule has 1 heterocycles. The summed E-state index contributed by atoms with van der Waals surface area (Å²) in [5, 5.41) is 20.2. The first-order valence-electron chi connectivity index (χ1n) is 12.3. The fourth-order valence-electron chi connectivity index (χ4n) is 4.00. The Labute approximate surface area is 238 Å². The third-order valence-corrected chi connectivity index (χ3v) is 7.91. The molecule has 0 saturated carbocycles. The number of thioether (sulfide) groups is 1. The van der Waals surface area contributed by atoms with E-state index in [1.807, 2.05) is 50.5 Å². The summed E-state index contributed by atoms with van der Waals surface area (Å²) >= 11 is 4.80. The van der Waals surface area contributed by atoms with Gasteiger partial charge < -0.3 is 9.47 Å². The Balaban J connectivity index is 1.69. The number of aryl methyl sites for hydroxylation is 3. The highest BCUT2D eigenvalue weighted by Gasteiger charge is 2.26. The smallest absolute Gasteiger partial charge is 0.220 e. The van der Waals surface area contributed by atoms with Gasteiger partial charge in [0.25, 0.3) is 0 Å². The molecule has 204 valence electrons. The van der Waals surface area contributed by atoms with E-state index >= 15 is 0 Å². The molecule has 11 heteroatoms. The second-order valence-corrected chi connectivity index (χ2v) is 10.9. The van der Waals surface area contributed by atoms with Gasteiger partial charge in [0.2, 0.25) is 6.54 Å². The number of hydrogen-bond acceptors (Lipinski definition) is 7. The number of rotatable bonds is 11. The average Bonchev–Trinajstić information content (AvgIpc) is 3.25. The maximum absolute atomic E-state index is 14.1. The van der Waals surface area contributed by atoms with Gasteiger partial charge in [-0.15, -0.1) is 10.2 Å². The monoisotopic (exact) mass is 614 g/mol. The van der Waals surface area contributed by atoms with Crippen LogP contribution in [0.5, 0.6) is 11.5 Å². The predicted octanol–water partition coefficient (Wildman–Crippen LogP) is 7.18. The van der Waals surface area contributed by atoms with Crippen molar-refractivity contribution in [1.82, 2.24) is 14.8 Å². The maximum atomic E-state index is 14.1. The molecule has 0 aliphatic heterocycles. The van der Waals surface area contributed by atoms with Crippen molar-refractivity contribution in [2.24, 2.45) is 0 Å². The van der Waals surface area contributed by atoms with E-state index in [0.29, 0.717) is 44.7 Å². The summed E-state index contributed by atoms with van der Waals surface area (Å²) in [5.74, 6) is 1.10. The second-order valence-electron chi connectivity index (χ2n) is 8.90. The standard InChI is InChI=1S/C28H28BrFN4O4S/c1-5-37-25-14-21(13-23(29)27(25)38-16-20-8-6-7-9-24(20)30)26(15-33(35)36)39-28-32-31-19(4)34(28)22-11-10-17(2)18(3)12-22/h6-14,26H,5,15-16H2,1-4H3/t26-/m0/s1. The third-order valence-electron chi connectivity index (χ3n) is 6.14. The molecule has 0 bridgehead atoms. The summed E-state index contributed by atoms with van der Waals surface area (Å²) in [5.41, 5.74) is 4.22. The van der Waals surface area contributed by atoms with Crippen molar-refractivity contribution < 1.29 is 18.8 Å². The molecule has 0 unspecified atom stereocenters. The Kier molecular flexibility index (Phi) is 9.24. The number of nitrogens with zero attached hydrogens (tertiary/aromatic N) is 4. The fourth-order valence-corrected chi connectivity index (χ4v) is 5.72. The molecule has 4 rings (SSSR count). The molecular formula is C28H28BrFN4O4S. The van der Waals surface area contributed by atoms with E-state index in [1.54, 1.807) is 30.3 Å². The van der Waals surface area contributed by atoms with Gasteiger partial charge in [0.05, 0.1) is 11.1 Å². The molecule has 0 N–H and O–H groups in total. The molecule has 8 nitrogen and oxygen atoms in total. The molecule has 0 amide bonds. The van der Waals surface area contributed by atoms with Crippen LogP contribution in [-0.2, 0) is 6.61 Å². The van der Waals surface area contributed by atoms with Crippen LogP contribution in [0.2, 0.25) is 0 Å². The highest BCUT2D eigenvalue weighted by atomic mass is 79.9. The minimum absolute atomic E-state index is 0.00385. The lowest BCUT2D eigenvalue weighted by atomic mass is 10.1. The van der Waals surface area contributed by atoms with Crippen LogP contribution in [0.3, 0.4) is 0 Å². The van der Waals surface area contributed by atoms with Gasteiger partial charge in [-0.1, -0.05) is 36.0 Å². The zero-order valence-corrected chi connectivity index (χ0v) is 24.4. The lowest BCUT2D eigenvalue weighted by molar-refractivity contribution is -0.479. The Morgan fingerprint density at radius 1 is 1.08 bits per heavy atom. The Bertz CT molecular complexity index is 1500. The van der Waals surface area contributed by atoms with E-state index in [0.717, 1.165) is 16.8 Å². The number of aromatic nitrogens is 3. The van der Waals surface area contributed by atoms with Gasteiger partial charge in [0.1, 0.15) is 23.5 Å². The number of halogens is 2. The molecule has 0 aliphatic carbocycles. The highest BCUT2D eigenvalue weighted by molar-refractivity contribution is 9.10. The summed E-state index contributed by atoms with van der Waals surface area (Å²) in [4.78, 5) is 11.4. The molecule has 0 spiro atoms. The van der Waals surface area contributed by atoms with Crippen LogP contribution in [0.25, 0.3) is 5.69 Å².